The molecule has 0 aliphatic rings. The Labute approximate surface area is 143 Å². The molecule has 0 aliphatic carbocycles. The molecule has 2 N–H and O–H groups in total. The van der Waals surface area contributed by atoms with Gasteiger partial charge in [0, 0.05) is 21.4 Å². The minimum atomic E-state index is -0.413. The summed E-state index contributed by atoms with van der Waals surface area (Å²) in [5.41, 5.74) is 1.76. The lowest BCUT2D eigenvalue weighted by Gasteiger charge is -2.12. The van der Waals surface area contributed by atoms with Crippen molar-refractivity contribution in [2.45, 2.75) is 0 Å². The van der Waals surface area contributed by atoms with Crippen LogP contribution >= 0.6 is 35.4 Å². The second-order valence-corrected chi connectivity index (χ2v) is 5.59. The molecule has 22 heavy (non-hydrogen) atoms. The lowest BCUT2D eigenvalue weighted by molar-refractivity contribution is 0.0601. The van der Waals surface area contributed by atoms with E-state index in [0.717, 1.165) is 0 Å². The third-order valence-electron chi connectivity index (χ3n) is 2.66. The molecule has 4 nitrogen and oxygen atoms in total. The third-order valence-corrected chi connectivity index (χ3v) is 3.30. The Kier molecular flexibility index (Phi) is 5.60. The van der Waals surface area contributed by atoms with E-state index in [1.165, 1.54) is 7.11 Å². The fourth-order valence-corrected chi connectivity index (χ4v) is 2.52. The Morgan fingerprint density at radius 2 is 1.68 bits per heavy atom. The summed E-state index contributed by atoms with van der Waals surface area (Å²) in [6.07, 6.45) is 0. The highest BCUT2D eigenvalue weighted by Gasteiger charge is 2.07. The molecule has 0 aromatic heterocycles. The molecular formula is C15H12Cl2N2O2S. The minimum Gasteiger partial charge on any atom is -0.465 e. The number of nitrogens with one attached hydrogen (secondary N) is 2. The average molecular weight is 355 g/mol. The standard InChI is InChI=1S/C15H12Cl2N2O2S/c1-21-14(20)9-3-2-4-12(5-9)18-15(22)19-13-7-10(16)6-11(17)8-13/h2-8H,1H3,(H2,18,19,22). The van der Waals surface area contributed by atoms with Crippen LogP contribution in [0.1, 0.15) is 10.4 Å². The number of hydrogen-bond donors (Lipinski definition) is 2. The third kappa shape index (κ3) is 4.59. The highest BCUT2D eigenvalue weighted by atomic mass is 35.5. The Hall–Kier alpha value is -1.82. The number of methoxy groups -OCH3 is 1. The number of ether oxygens (including phenoxy) is 1. The summed E-state index contributed by atoms with van der Waals surface area (Å²) in [4.78, 5) is 11.5. The van der Waals surface area contributed by atoms with Crippen molar-refractivity contribution in [1.82, 2.24) is 0 Å². The van der Waals surface area contributed by atoms with Crippen molar-refractivity contribution in [3.63, 3.8) is 0 Å². The minimum absolute atomic E-state index is 0.348. The van der Waals surface area contributed by atoms with Gasteiger partial charge in [0.1, 0.15) is 0 Å². The lowest BCUT2D eigenvalue weighted by atomic mass is 10.2. The quantitative estimate of drug-likeness (QED) is 0.623. The Morgan fingerprint density at radius 1 is 1.05 bits per heavy atom. The number of benzene rings is 2. The first-order valence-corrected chi connectivity index (χ1v) is 7.37. The highest BCUT2D eigenvalue weighted by Crippen LogP contribution is 2.22. The van der Waals surface area contributed by atoms with Crippen LogP contribution in [0, 0.1) is 0 Å². The van der Waals surface area contributed by atoms with E-state index in [1.807, 2.05) is 0 Å². The average Bonchev–Trinajstić information content (AvgIpc) is 2.45. The fourth-order valence-electron chi connectivity index (χ4n) is 1.76. The molecule has 0 radical (unpaired) electrons. The van der Waals surface area contributed by atoms with Crippen LogP contribution in [0.2, 0.25) is 10.0 Å². The smallest absolute Gasteiger partial charge is 0.337 e. The summed E-state index contributed by atoms with van der Waals surface area (Å²) in [6.45, 7) is 0. The predicted molar refractivity (Wildman–Crippen MR) is 94.1 cm³/mol. The molecule has 0 fully saturated rings. The van der Waals surface area contributed by atoms with Gasteiger partial charge in [-0.1, -0.05) is 29.3 Å². The summed E-state index contributed by atoms with van der Waals surface area (Å²) < 4.78 is 4.67. The fraction of sp³-hybridized carbons (Fsp3) is 0.0667. The first-order valence-electron chi connectivity index (χ1n) is 6.20. The van der Waals surface area contributed by atoms with Crippen LogP contribution in [0.5, 0.6) is 0 Å². The summed E-state index contributed by atoms with van der Waals surface area (Å²) in [6, 6.07) is 11.8. The molecule has 0 heterocycles. The molecule has 0 saturated heterocycles. The number of rotatable bonds is 3. The molecule has 114 valence electrons. The molecule has 0 atom stereocenters. The first-order chi connectivity index (χ1) is 10.5. The van der Waals surface area contributed by atoms with Gasteiger partial charge in [0.2, 0.25) is 0 Å². The van der Waals surface area contributed by atoms with Gasteiger partial charge in [-0.3, -0.25) is 0 Å². The van der Waals surface area contributed by atoms with E-state index in [1.54, 1.807) is 42.5 Å². The van der Waals surface area contributed by atoms with Gasteiger partial charge in [-0.05, 0) is 48.6 Å². The van der Waals surface area contributed by atoms with Crippen molar-refractivity contribution in [2.24, 2.45) is 0 Å². The van der Waals surface area contributed by atoms with Crippen LogP contribution in [-0.2, 0) is 4.74 Å². The number of anilines is 2. The molecule has 0 saturated carbocycles. The van der Waals surface area contributed by atoms with Crippen molar-refractivity contribution in [1.29, 1.82) is 0 Å². The highest BCUT2D eigenvalue weighted by molar-refractivity contribution is 7.80. The van der Waals surface area contributed by atoms with Gasteiger partial charge in [0.25, 0.3) is 0 Å². The zero-order chi connectivity index (χ0) is 16.1. The molecule has 0 amide bonds. The Bertz CT molecular complexity index is 702. The number of thiocarbonyl (C=S) groups is 1. The lowest BCUT2D eigenvalue weighted by Crippen LogP contribution is -2.19. The molecule has 0 unspecified atom stereocenters. The van der Waals surface area contributed by atoms with Crippen molar-refractivity contribution in [3.8, 4) is 0 Å². The summed E-state index contributed by atoms with van der Waals surface area (Å²) in [7, 11) is 1.33. The van der Waals surface area contributed by atoms with Gasteiger partial charge in [-0.2, -0.15) is 0 Å². The van der Waals surface area contributed by atoms with Crippen LogP contribution < -0.4 is 10.6 Å². The SMILES string of the molecule is COC(=O)c1cccc(NC(=S)Nc2cc(Cl)cc(Cl)c2)c1. The van der Waals surface area contributed by atoms with E-state index < -0.39 is 5.97 Å². The second-order valence-electron chi connectivity index (χ2n) is 4.31. The molecule has 2 rings (SSSR count). The van der Waals surface area contributed by atoms with Crippen LogP contribution in [-0.4, -0.2) is 18.2 Å². The summed E-state index contributed by atoms with van der Waals surface area (Å²) >= 11 is 17.1. The maximum Gasteiger partial charge on any atom is 0.337 e. The van der Waals surface area contributed by atoms with Crippen molar-refractivity contribution >= 4 is 57.9 Å². The maximum absolute atomic E-state index is 11.5. The van der Waals surface area contributed by atoms with Gasteiger partial charge in [-0.25, -0.2) is 4.79 Å². The molecular weight excluding hydrogens is 343 g/mol. The molecule has 7 heteroatoms. The van der Waals surface area contributed by atoms with Crippen molar-refractivity contribution < 1.29 is 9.53 Å². The van der Waals surface area contributed by atoms with E-state index in [9.17, 15) is 4.79 Å². The van der Waals surface area contributed by atoms with E-state index >= 15 is 0 Å². The van der Waals surface area contributed by atoms with Crippen LogP contribution in [0.15, 0.2) is 42.5 Å². The van der Waals surface area contributed by atoms with E-state index in [4.69, 9.17) is 35.4 Å². The van der Waals surface area contributed by atoms with E-state index in [2.05, 4.69) is 15.4 Å². The van der Waals surface area contributed by atoms with E-state index in [-0.39, 0.29) is 0 Å². The summed E-state index contributed by atoms with van der Waals surface area (Å²) in [5.74, 6) is -0.413. The molecule has 2 aromatic rings. The van der Waals surface area contributed by atoms with Crippen molar-refractivity contribution in [3.05, 3.63) is 58.1 Å². The topological polar surface area (TPSA) is 50.4 Å². The van der Waals surface area contributed by atoms with Crippen LogP contribution in [0.25, 0.3) is 0 Å². The Balaban J connectivity index is 2.07. The first kappa shape index (κ1) is 16.5. The largest absolute Gasteiger partial charge is 0.465 e. The van der Waals surface area contributed by atoms with Gasteiger partial charge < -0.3 is 15.4 Å². The number of esters is 1. The van der Waals surface area contributed by atoms with Gasteiger partial charge in [0.15, 0.2) is 5.11 Å². The van der Waals surface area contributed by atoms with Gasteiger partial charge in [-0.15, -0.1) is 0 Å². The molecule has 0 bridgehead atoms. The van der Waals surface area contributed by atoms with Gasteiger partial charge in [0.05, 0.1) is 12.7 Å². The zero-order valence-electron chi connectivity index (χ0n) is 11.5. The number of hydrogen-bond acceptors (Lipinski definition) is 3. The number of carbonyl (C=O) groups excluding carboxylic acids is 1. The maximum atomic E-state index is 11.5. The number of halogens is 2. The van der Waals surface area contributed by atoms with E-state index in [0.29, 0.717) is 32.1 Å². The Morgan fingerprint density at radius 3 is 2.32 bits per heavy atom. The van der Waals surface area contributed by atoms with Crippen LogP contribution in [0.3, 0.4) is 0 Å². The second kappa shape index (κ2) is 7.45. The van der Waals surface area contributed by atoms with Crippen LogP contribution in [0.4, 0.5) is 11.4 Å². The summed E-state index contributed by atoms with van der Waals surface area (Å²) in [5, 5.41) is 7.30. The molecule has 0 spiro atoms. The monoisotopic (exact) mass is 354 g/mol. The van der Waals surface area contributed by atoms with Gasteiger partial charge >= 0.3 is 5.97 Å². The zero-order valence-corrected chi connectivity index (χ0v) is 13.9. The predicted octanol–water partition coefficient (Wildman–Crippen LogP) is 4.59. The van der Waals surface area contributed by atoms with Crippen molar-refractivity contribution in [2.75, 3.05) is 17.7 Å². The number of carbonyl (C=O) groups is 1. The normalized spacial score (nSPS) is 9.95. The molecule has 2 aromatic carbocycles. The molecule has 0 aliphatic heterocycles.